The van der Waals surface area contributed by atoms with Crippen LogP contribution in [0.4, 0.5) is 11.4 Å². The average molecular weight is 284 g/mol. The summed E-state index contributed by atoms with van der Waals surface area (Å²) in [7, 11) is 3.83. The Kier molecular flexibility index (Phi) is 5.63. The van der Waals surface area contributed by atoms with Gasteiger partial charge in [-0.3, -0.25) is 4.79 Å². The number of carbonyl (C=O) groups is 1. The maximum Gasteiger partial charge on any atom is 0.241 e. The molecule has 0 aliphatic carbocycles. The van der Waals surface area contributed by atoms with Crippen LogP contribution < -0.4 is 16.0 Å². The fourth-order valence-electron chi connectivity index (χ4n) is 1.69. The van der Waals surface area contributed by atoms with E-state index in [1.807, 2.05) is 45.0 Å². The van der Waals surface area contributed by atoms with Crippen LogP contribution in [0.15, 0.2) is 18.2 Å². The average Bonchev–Trinajstić information content (AvgIpc) is 2.36. The molecule has 1 amide bonds. The summed E-state index contributed by atoms with van der Waals surface area (Å²) >= 11 is 6.15. The number of nitrogens with two attached hydrogens (primary N) is 1. The van der Waals surface area contributed by atoms with Gasteiger partial charge in [0.1, 0.15) is 0 Å². The number of halogens is 1. The van der Waals surface area contributed by atoms with Crippen LogP contribution in [0.5, 0.6) is 0 Å². The van der Waals surface area contributed by atoms with Crippen LogP contribution >= 0.6 is 11.6 Å². The van der Waals surface area contributed by atoms with E-state index in [1.165, 1.54) is 0 Å². The number of amides is 1. The van der Waals surface area contributed by atoms with Gasteiger partial charge in [0.15, 0.2) is 0 Å². The van der Waals surface area contributed by atoms with Crippen molar-refractivity contribution in [1.29, 1.82) is 0 Å². The summed E-state index contributed by atoms with van der Waals surface area (Å²) in [5, 5.41) is 3.39. The van der Waals surface area contributed by atoms with Crippen molar-refractivity contribution in [2.75, 3.05) is 24.3 Å². The molecule has 19 heavy (non-hydrogen) atoms. The van der Waals surface area contributed by atoms with Gasteiger partial charge in [-0.1, -0.05) is 31.9 Å². The van der Waals surface area contributed by atoms with Crippen LogP contribution in [0, 0.1) is 5.92 Å². The van der Waals surface area contributed by atoms with Gasteiger partial charge in [-0.2, -0.15) is 0 Å². The van der Waals surface area contributed by atoms with Gasteiger partial charge >= 0.3 is 0 Å². The van der Waals surface area contributed by atoms with Gasteiger partial charge in [-0.25, -0.2) is 0 Å². The second-order valence-corrected chi connectivity index (χ2v) is 5.37. The van der Waals surface area contributed by atoms with E-state index in [0.717, 1.165) is 12.1 Å². The first-order valence-corrected chi connectivity index (χ1v) is 6.78. The minimum Gasteiger partial charge on any atom is -0.376 e. The monoisotopic (exact) mass is 283 g/mol. The van der Waals surface area contributed by atoms with Crippen molar-refractivity contribution in [1.82, 2.24) is 0 Å². The number of anilines is 2. The number of rotatable bonds is 5. The first-order chi connectivity index (χ1) is 8.86. The lowest BCUT2D eigenvalue weighted by molar-refractivity contribution is -0.118. The number of hydrogen-bond acceptors (Lipinski definition) is 3. The van der Waals surface area contributed by atoms with E-state index in [0.29, 0.717) is 10.7 Å². The molecule has 0 saturated carbocycles. The molecule has 0 bridgehead atoms. The molecular formula is C14H22ClN3O. The molecule has 0 aromatic heterocycles. The maximum atomic E-state index is 12.0. The van der Waals surface area contributed by atoms with Crippen LogP contribution in [-0.2, 0) is 4.79 Å². The summed E-state index contributed by atoms with van der Waals surface area (Å²) in [6, 6.07) is 4.92. The maximum absolute atomic E-state index is 12.0. The molecule has 0 fully saturated rings. The summed E-state index contributed by atoms with van der Waals surface area (Å²) in [4.78, 5) is 13.9. The Morgan fingerprint density at radius 3 is 2.58 bits per heavy atom. The van der Waals surface area contributed by atoms with Crippen molar-refractivity contribution in [3.8, 4) is 0 Å². The minimum atomic E-state index is -0.502. The highest BCUT2D eigenvalue weighted by Crippen LogP contribution is 2.27. The molecule has 0 radical (unpaired) electrons. The van der Waals surface area contributed by atoms with Gasteiger partial charge in [-0.15, -0.1) is 0 Å². The van der Waals surface area contributed by atoms with Crippen molar-refractivity contribution in [2.45, 2.75) is 26.3 Å². The van der Waals surface area contributed by atoms with Gasteiger partial charge < -0.3 is 16.0 Å². The van der Waals surface area contributed by atoms with Gasteiger partial charge in [-0.05, 0) is 24.1 Å². The quantitative estimate of drug-likeness (QED) is 0.873. The third kappa shape index (κ3) is 4.11. The van der Waals surface area contributed by atoms with Gasteiger partial charge in [0.05, 0.1) is 16.8 Å². The third-order valence-electron chi connectivity index (χ3n) is 3.26. The lowest BCUT2D eigenvalue weighted by atomic mass is 9.99. The molecule has 0 heterocycles. The number of nitrogens with zero attached hydrogens (tertiary/aromatic N) is 1. The van der Waals surface area contributed by atoms with Crippen LogP contribution in [0.3, 0.4) is 0 Å². The summed E-state index contributed by atoms with van der Waals surface area (Å²) in [6.07, 6.45) is 0.870. The normalized spacial score (nSPS) is 13.8. The van der Waals surface area contributed by atoms with E-state index >= 15 is 0 Å². The summed E-state index contributed by atoms with van der Waals surface area (Å²) in [5.41, 5.74) is 7.46. The first-order valence-electron chi connectivity index (χ1n) is 6.40. The zero-order valence-electron chi connectivity index (χ0n) is 11.9. The van der Waals surface area contributed by atoms with Crippen molar-refractivity contribution in [3.63, 3.8) is 0 Å². The molecule has 1 rings (SSSR count). The minimum absolute atomic E-state index is 0.150. The fraction of sp³-hybridized carbons (Fsp3) is 0.500. The Hall–Kier alpha value is -1.26. The molecule has 1 aromatic rings. The lowest BCUT2D eigenvalue weighted by Gasteiger charge is -2.19. The molecule has 0 spiro atoms. The molecule has 0 aliphatic rings. The summed E-state index contributed by atoms with van der Waals surface area (Å²) in [5.74, 6) is -0.0282. The van der Waals surface area contributed by atoms with Crippen molar-refractivity contribution < 1.29 is 4.79 Å². The zero-order valence-corrected chi connectivity index (χ0v) is 12.7. The van der Waals surface area contributed by atoms with Crippen LogP contribution in [0.1, 0.15) is 20.3 Å². The second kappa shape index (κ2) is 6.78. The topological polar surface area (TPSA) is 58.4 Å². The number of hydrogen-bond donors (Lipinski definition) is 2. The molecule has 2 atom stereocenters. The summed E-state index contributed by atoms with van der Waals surface area (Å²) in [6.45, 7) is 3.98. The Morgan fingerprint density at radius 1 is 1.47 bits per heavy atom. The molecule has 5 heteroatoms. The highest BCUT2D eigenvalue weighted by Gasteiger charge is 2.19. The summed E-state index contributed by atoms with van der Waals surface area (Å²) < 4.78 is 0. The molecular weight excluding hydrogens is 262 g/mol. The van der Waals surface area contributed by atoms with Crippen molar-refractivity contribution in [3.05, 3.63) is 23.2 Å². The largest absolute Gasteiger partial charge is 0.376 e. The van der Waals surface area contributed by atoms with E-state index in [2.05, 4.69) is 5.32 Å². The third-order valence-corrected chi connectivity index (χ3v) is 3.56. The van der Waals surface area contributed by atoms with E-state index in [1.54, 1.807) is 6.07 Å². The Balaban J connectivity index is 2.78. The van der Waals surface area contributed by atoms with Crippen LogP contribution in [-0.4, -0.2) is 26.0 Å². The van der Waals surface area contributed by atoms with Crippen molar-refractivity contribution in [2.24, 2.45) is 11.7 Å². The van der Waals surface area contributed by atoms with E-state index in [4.69, 9.17) is 17.3 Å². The number of carbonyl (C=O) groups excluding carboxylic acids is 1. The Labute approximate surface area is 119 Å². The van der Waals surface area contributed by atoms with E-state index < -0.39 is 6.04 Å². The smallest absolute Gasteiger partial charge is 0.241 e. The lowest BCUT2D eigenvalue weighted by Crippen LogP contribution is -2.40. The number of benzene rings is 1. The molecule has 1 aromatic carbocycles. The Morgan fingerprint density at radius 2 is 2.11 bits per heavy atom. The molecule has 106 valence electrons. The van der Waals surface area contributed by atoms with Gasteiger partial charge in [0, 0.05) is 19.8 Å². The predicted molar refractivity (Wildman–Crippen MR) is 81.8 cm³/mol. The Bertz CT molecular complexity index is 448. The predicted octanol–water partition coefficient (Wildman–Crippen LogP) is 2.72. The standard InChI is InChI=1S/C14H22ClN3O/c1-5-9(2)13(16)14(19)17-10-6-7-12(18(3)4)11(15)8-10/h6-9,13H,5,16H2,1-4H3,(H,17,19). The molecule has 0 saturated heterocycles. The van der Waals surface area contributed by atoms with E-state index in [9.17, 15) is 4.79 Å². The number of nitrogens with one attached hydrogen (secondary N) is 1. The molecule has 2 unspecified atom stereocenters. The van der Waals surface area contributed by atoms with Crippen molar-refractivity contribution >= 4 is 28.9 Å². The van der Waals surface area contributed by atoms with Gasteiger partial charge in [0.25, 0.3) is 0 Å². The fourth-order valence-corrected chi connectivity index (χ4v) is 2.03. The second-order valence-electron chi connectivity index (χ2n) is 4.96. The SMILES string of the molecule is CCC(C)C(N)C(=O)Nc1ccc(N(C)C)c(Cl)c1. The molecule has 4 nitrogen and oxygen atoms in total. The molecule has 0 aliphatic heterocycles. The van der Waals surface area contributed by atoms with Crippen LogP contribution in [0.2, 0.25) is 5.02 Å². The van der Waals surface area contributed by atoms with E-state index in [-0.39, 0.29) is 11.8 Å². The van der Waals surface area contributed by atoms with Gasteiger partial charge in [0.2, 0.25) is 5.91 Å². The highest BCUT2D eigenvalue weighted by atomic mass is 35.5. The first kappa shape index (κ1) is 15.8. The molecule has 3 N–H and O–H groups in total. The van der Waals surface area contributed by atoms with Crippen LogP contribution in [0.25, 0.3) is 0 Å². The highest BCUT2D eigenvalue weighted by molar-refractivity contribution is 6.33. The zero-order chi connectivity index (χ0) is 14.6.